The molecule has 4 nitrogen and oxygen atoms in total. The monoisotopic (exact) mass is 238 g/mol. The standard InChI is InChI=1S/C8H18N2O2S2/c9-4-2-6-14(11,12)10-7-8-3-1-5-13-8/h8,10H,1-7,9H2. The SMILES string of the molecule is NCCCS(=O)(=O)NCC1CCCS1. The summed E-state index contributed by atoms with van der Waals surface area (Å²) in [7, 11) is -3.07. The Balaban J connectivity index is 2.21. The van der Waals surface area contributed by atoms with Crippen LogP contribution >= 0.6 is 11.8 Å². The molecule has 0 aromatic carbocycles. The lowest BCUT2D eigenvalue weighted by atomic mass is 10.2. The minimum atomic E-state index is -3.07. The highest BCUT2D eigenvalue weighted by molar-refractivity contribution is 8.00. The fourth-order valence-corrected chi connectivity index (χ4v) is 3.82. The predicted octanol–water partition coefficient (Wildman–Crippen LogP) is 0.150. The van der Waals surface area contributed by atoms with E-state index in [0.717, 1.165) is 12.2 Å². The van der Waals surface area contributed by atoms with Crippen molar-refractivity contribution < 1.29 is 8.42 Å². The van der Waals surface area contributed by atoms with Gasteiger partial charge >= 0.3 is 0 Å². The average molecular weight is 238 g/mol. The number of rotatable bonds is 6. The molecule has 0 saturated carbocycles. The van der Waals surface area contributed by atoms with E-state index in [9.17, 15) is 8.42 Å². The van der Waals surface area contributed by atoms with Crippen molar-refractivity contribution in [1.82, 2.24) is 4.72 Å². The van der Waals surface area contributed by atoms with Crippen molar-refractivity contribution in [3.63, 3.8) is 0 Å². The minimum absolute atomic E-state index is 0.154. The van der Waals surface area contributed by atoms with E-state index in [-0.39, 0.29) is 5.75 Å². The molecule has 1 unspecified atom stereocenters. The van der Waals surface area contributed by atoms with Crippen LogP contribution in [-0.4, -0.2) is 38.3 Å². The highest BCUT2D eigenvalue weighted by atomic mass is 32.2. The van der Waals surface area contributed by atoms with E-state index in [1.165, 1.54) is 6.42 Å². The molecule has 1 aliphatic rings. The third-order valence-electron chi connectivity index (χ3n) is 2.17. The molecule has 1 heterocycles. The molecule has 0 amide bonds. The molecule has 6 heteroatoms. The Morgan fingerprint density at radius 1 is 1.50 bits per heavy atom. The Kier molecular flexibility index (Phi) is 5.22. The van der Waals surface area contributed by atoms with Gasteiger partial charge in [0.25, 0.3) is 0 Å². The van der Waals surface area contributed by atoms with Gasteiger partial charge in [-0.2, -0.15) is 11.8 Å². The molecule has 1 rings (SSSR count). The van der Waals surface area contributed by atoms with Crippen molar-refractivity contribution >= 4 is 21.8 Å². The summed E-state index contributed by atoms with van der Waals surface area (Å²) < 4.78 is 25.4. The second kappa shape index (κ2) is 5.95. The van der Waals surface area contributed by atoms with Gasteiger partial charge in [0.1, 0.15) is 0 Å². The largest absolute Gasteiger partial charge is 0.330 e. The summed E-state index contributed by atoms with van der Waals surface area (Å²) in [5.74, 6) is 1.32. The van der Waals surface area contributed by atoms with Gasteiger partial charge in [0.2, 0.25) is 10.0 Å². The van der Waals surface area contributed by atoms with E-state index in [1.54, 1.807) is 0 Å². The van der Waals surface area contributed by atoms with Crippen molar-refractivity contribution in [3.8, 4) is 0 Å². The summed E-state index contributed by atoms with van der Waals surface area (Å²) >= 11 is 1.86. The molecule has 0 spiro atoms. The van der Waals surface area contributed by atoms with E-state index in [2.05, 4.69) is 4.72 Å². The Hall–Kier alpha value is 0.220. The third-order valence-corrected chi connectivity index (χ3v) is 5.00. The smallest absolute Gasteiger partial charge is 0.211 e. The summed E-state index contributed by atoms with van der Waals surface area (Å²) in [5, 5.41) is 0.475. The second-order valence-corrected chi connectivity index (χ2v) is 6.78. The van der Waals surface area contributed by atoms with Gasteiger partial charge in [0, 0.05) is 11.8 Å². The van der Waals surface area contributed by atoms with Crippen LogP contribution in [-0.2, 0) is 10.0 Å². The van der Waals surface area contributed by atoms with Crippen LogP contribution in [0.15, 0.2) is 0 Å². The first-order valence-electron chi connectivity index (χ1n) is 4.93. The molecule has 0 bridgehead atoms. The normalized spacial score (nSPS) is 22.8. The Morgan fingerprint density at radius 3 is 2.86 bits per heavy atom. The van der Waals surface area contributed by atoms with Crippen molar-refractivity contribution in [3.05, 3.63) is 0 Å². The number of hydrogen-bond acceptors (Lipinski definition) is 4. The van der Waals surface area contributed by atoms with E-state index in [1.807, 2.05) is 11.8 Å². The first-order chi connectivity index (χ1) is 6.64. The van der Waals surface area contributed by atoms with Crippen LogP contribution in [0.4, 0.5) is 0 Å². The molecule has 84 valence electrons. The summed E-state index contributed by atoms with van der Waals surface area (Å²) in [6.45, 7) is 1.01. The Labute approximate surface area is 90.1 Å². The van der Waals surface area contributed by atoms with E-state index < -0.39 is 10.0 Å². The van der Waals surface area contributed by atoms with Crippen LogP contribution in [0.2, 0.25) is 0 Å². The maximum Gasteiger partial charge on any atom is 0.211 e. The molecule has 0 aromatic heterocycles. The molecule has 0 aliphatic carbocycles. The molecule has 1 atom stereocenters. The molecule has 0 radical (unpaired) electrons. The number of thioether (sulfide) groups is 1. The predicted molar refractivity (Wildman–Crippen MR) is 60.9 cm³/mol. The first-order valence-corrected chi connectivity index (χ1v) is 7.63. The Morgan fingerprint density at radius 2 is 2.29 bits per heavy atom. The van der Waals surface area contributed by atoms with Gasteiger partial charge in [-0.1, -0.05) is 0 Å². The second-order valence-electron chi connectivity index (χ2n) is 3.44. The van der Waals surface area contributed by atoms with Gasteiger partial charge in [-0.25, -0.2) is 13.1 Å². The highest BCUT2D eigenvalue weighted by Gasteiger charge is 2.18. The van der Waals surface area contributed by atoms with Crippen molar-refractivity contribution in [2.45, 2.75) is 24.5 Å². The molecule has 1 fully saturated rings. The fourth-order valence-electron chi connectivity index (χ4n) is 1.37. The van der Waals surface area contributed by atoms with Gasteiger partial charge in [-0.05, 0) is 31.6 Å². The van der Waals surface area contributed by atoms with E-state index in [4.69, 9.17) is 5.73 Å². The molecule has 14 heavy (non-hydrogen) atoms. The maximum absolute atomic E-state index is 11.4. The molecule has 0 aromatic rings. The van der Waals surface area contributed by atoms with Crippen LogP contribution in [0.1, 0.15) is 19.3 Å². The molecular formula is C8H18N2O2S2. The molecule has 3 N–H and O–H groups in total. The zero-order valence-corrected chi connectivity index (χ0v) is 9.87. The average Bonchev–Trinajstić information content (AvgIpc) is 2.64. The summed E-state index contributed by atoms with van der Waals surface area (Å²) in [5.41, 5.74) is 5.26. The lowest BCUT2D eigenvalue weighted by Crippen LogP contribution is -2.32. The van der Waals surface area contributed by atoms with Gasteiger partial charge in [0.05, 0.1) is 5.75 Å². The van der Waals surface area contributed by atoms with Gasteiger partial charge in [-0.3, -0.25) is 0 Å². The van der Waals surface area contributed by atoms with Crippen molar-refractivity contribution in [2.24, 2.45) is 5.73 Å². The minimum Gasteiger partial charge on any atom is -0.330 e. The summed E-state index contributed by atoms with van der Waals surface area (Å²) in [4.78, 5) is 0. The van der Waals surface area contributed by atoms with Crippen LogP contribution in [0.25, 0.3) is 0 Å². The molecule has 1 aliphatic heterocycles. The number of nitrogens with two attached hydrogens (primary N) is 1. The number of sulfonamides is 1. The van der Waals surface area contributed by atoms with Crippen LogP contribution in [0.3, 0.4) is 0 Å². The van der Waals surface area contributed by atoms with Crippen molar-refractivity contribution in [1.29, 1.82) is 0 Å². The van der Waals surface area contributed by atoms with Gasteiger partial charge < -0.3 is 5.73 Å². The van der Waals surface area contributed by atoms with E-state index >= 15 is 0 Å². The zero-order chi connectivity index (χ0) is 10.4. The Bertz CT molecular complexity index is 248. The zero-order valence-electron chi connectivity index (χ0n) is 8.24. The summed E-state index contributed by atoms with van der Waals surface area (Å²) in [6, 6.07) is 0. The first kappa shape index (κ1) is 12.3. The third kappa shape index (κ3) is 4.63. The molecule has 1 saturated heterocycles. The fraction of sp³-hybridized carbons (Fsp3) is 1.00. The van der Waals surface area contributed by atoms with Crippen LogP contribution in [0, 0.1) is 0 Å². The van der Waals surface area contributed by atoms with Crippen LogP contribution in [0.5, 0.6) is 0 Å². The number of nitrogens with one attached hydrogen (secondary N) is 1. The maximum atomic E-state index is 11.4. The number of hydrogen-bond donors (Lipinski definition) is 2. The quantitative estimate of drug-likeness (QED) is 0.691. The van der Waals surface area contributed by atoms with Crippen LogP contribution < -0.4 is 10.5 Å². The highest BCUT2D eigenvalue weighted by Crippen LogP contribution is 2.25. The topological polar surface area (TPSA) is 72.2 Å². The summed E-state index contributed by atoms with van der Waals surface area (Å²) in [6.07, 6.45) is 2.87. The molecular weight excluding hydrogens is 220 g/mol. The lowest BCUT2D eigenvalue weighted by Gasteiger charge is -2.10. The lowest BCUT2D eigenvalue weighted by molar-refractivity contribution is 0.576. The van der Waals surface area contributed by atoms with Crippen molar-refractivity contribution in [2.75, 3.05) is 24.6 Å². The van der Waals surface area contributed by atoms with Gasteiger partial charge in [0.15, 0.2) is 0 Å². The van der Waals surface area contributed by atoms with E-state index in [0.29, 0.717) is 24.8 Å². The van der Waals surface area contributed by atoms with Gasteiger partial charge in [-0.15, -0.1) is 0 Å².